The molecule has 0 bridgehead atoms. The highest BCUT2D eigenvalue weighted by Crippen LogP contribution is 2.42. The fraction of sp³-hybridized carbons (Fsp3) is 0.172. The number of aliphatic hydroxyl groups excluding tert-OH is 1. The van der Waals surface area contributed by atoms with Gasteiger partial charge in [-0.3, -0.25) is 14.5 Å². The van der Waals surface area contributed by atoms with E-state index < -0.39 is 23.7 Å². The first-order valence-corrected chi connectivity index (χ1v) is 12.1. The highest BCUT2D eigenvalue weighted by Gasteiger charge is 2.48. The quantitative estimate of drug-likeness (QED) is 0.180. The van der Waals surface area contributed by atoms with Crippen LogP contribution in [0, 0.1) is 6.92 Å². The number of aliphatic hydroxyl groups is 1. The summed E-state index contributed by atoms with van der Waals surface area (Å²) in [5.41, 5.74) is 2.35. The number of ether oxygens (including phenoxy) is 2. The number of carboxylic acids is 1. The van der Waals surface area contributed by atoms with Crippen LogP contribution in [0.4, 0.5) is 5.95 Å². The summed E-state index contributed by atoms with van der Waals surface area (Å²) in [4.78, 5) is 46.9. The number of nitrogens with zero attached hydrogens (tertiary/aromatic N) is 2. The number of H-pyrrole nitrogens is 1. The number of aromatic amines is 1. The van der Waals surface area contributed by atoms with Gasteiger partial charge in [0.1, 0.15) is 17.3 Å². The number of aromatic carboxylic acids is 1. The lowest BCUT2D eigenvalue weighted by Crippen LogP contribution is -2.30. The molecule has 3 N–H and O–H groups in total. The summed E-state index contributed by atoms with van der Waals surface area (Å²) in [5, 5.41) is 20.8. The van der Waals surface area contributed by atoms with E-state index in [1.54, 1.807) is 42.5 Å². The number of carbonyl (C=O) groups excluding carboxylic acids is 2. The molecule has 1 fully saturated rings. The average molecular weight is 528 g/mol. The van der Waals surface area contributed by atoms with E-state index in [2.05, 4.69) is 9.97 Å². The maximum absolute atomic E-state index is 13.4. The SMILES string of the molecule is CCOc1ccc(/C(O)=C2\C(=O)C(=O)N(c3nc4ccc(C(=O)O)cc4[nH]3)C2c2ccc(OC)cc2)cc1C. The summed E-state index contributed by atoms with van der Waals surface area (Å²) >= 11 is 0. The molecular formula is C29H25N3O7. The highest BCUT2D eigenvalue weighted by atomic mass is 16.5. The van der Waals surface area contributed by atoms with E-state index in [0.717, 1.165) is 5.56 Å². The Bertz CT molecular complexity index is 1650. The molecule has 2 heterocycles. The van der Waals surface area contributed by atoms with E-state index in [-0.39, 0.29) is 22.8 Å². The van der Waals surface area contributed by atoms with Crippen LogP contribution >= 0.6 is 0 Å². The van der Waals surface area contributed by atoms with Crippen LogP contribution in [0.3, 0.4) is 0 Å². The Morgan fingerprint density at radius 1 is 1.03 bits per heavy atom. The molecule has 198 valence electrons. The number of aromatic nitrogens is 2. The molecule has 5 rings (SSSR count). The van der Waals surface area contributed by atoms with Crippen molar-refractivity contribution in [3.63, 3.8) is 0 Å². The molecule has 1 aliphatic heterocycles. The Morgan fingerprint density at radius 3 is 2.38 bits per heavy atom. The van der Waals surface area contributed by atoms with Gasteiger partial charge in [0.05, 0.1) is 41.9 Å². The number of hydrogen-bond donors (Lipinski definition) is 3. The predicted octanol–water partition coefficient (Wildman–Crippen LogP) is 4.60. The third-order valence-corrected chi connectivity index (χ3v) is 6.57. The van der Waals surface area contributed by atoms with E-state index in [1.807, 2.05) is 13.8 Å². The Hall–Kier alpha value is -5.12. The second-order valence-electron chi connectivity index (χ2n) is 8.95. The third kappa shape index (κ3) is 4.46. The number of aryl methyl sites for hydroxylation is 1. The summed E-state index contributed by atoms with van der Waals surface area (Å²) < 4.78 is 10.8. The maximum atomic E-state index is 13.4. The standard InChI is InChI=1S/C29H25N3O7/c1-4-39-22-12-8-17(13-15(22)2)25(33)23-24(16-5-9-19(38-3)10-6-16)32(27(35)26(23)34)29-30-20-11-7-18(28(36)37)14-21(20)31-29/h5-14,24,33H,4H2,1-3H3,(H,30,31)(H,36,37)/b25-23+. The van der Waals surface area contributed by atoms with Crippen LogP contribution in [0.15, 0.2) is 66.2 Å². The van der Waals surface area contributed by atoms with Gasteiger partial charge < -0.3 is 24.7 Å². The normalized spacial score (nSPS) is 16.6. The van der Waals surface area contributed by atoms with E-state index in [4.69, 9.17) is 9.47 Å². The zero-order valence-corrected chi connectivity index (χ0v) is 21.4. The van der Waals surface area contributed by atoms with Crippen LogP contribution < -0.4 is 14.4 Å². The fourth-order valence-corrected chi connectivity index (χ4v) is 4.67. The summed E-state index contributed by atoms with van der Waals surface area (Å²) in [6.07, 6.45) is 0. The maximum Gasteiger partial charge on any atom is 0.335 e. The van der Waals surface area contributed by atoms with Crippen molar-refractivity contribution in [1.29, 1.82) is 0 Å². The van der Waals surface area contributed by atoms with Crippen molar-refractivity contribution in [2.24, 2.45) is 0 Å². The number of hydrogen-bond acceptors (Lipinski definition) is 7. The van der Waals surface area contributed by atoms with Crippen molar-refractivity contribution >= 4 is 40.4 Å². The summed E-state index contributed by atoms with van der Waals surface area (Å²) in [5.74, 6) is -1.97. The minimum absolute atomic E-state index is 0.0392. The molecule has 1 atom stereocenters. The fourth-order valence-electron chi connectivity index (χ4n) is 4.67. The Balaban J connectivity index is 1.69. The molecule has 4 aromatic rings. The number of imidazole rings is 1. The van der Waals surface area contributed by atoms with Crippen LogP contribution in [0.2, 0.25) is 0 Å². The molecule has 0 radical (unpaired) electrons. The summed E-state index contributed by atoms with van der Waals surface area (Å²) in [6, 6.07) is 15.1. The average Bonchev–Trinajstić information content (AvgIpc) is 3.47. The smallest absolute Gasteiger partial charge is 0.335 e. The summed E-state index contributed by atoms with van der Waals surface area (Å²) in [7, 11) is 1.52. The first-order valence-electron chi connectivity index (χ1n) is 12.1. The minimum Gasteiger partial charge on any atom is -0.507 e. The van der Waals surface area contributed by atoms with Gasteiger partial charge in [0, 0.05) is 5.56 Å². The van der Waals surface area contributed by atoms with Crippen LogP contribution in [0.5, 0.6) is 11.5 Å². The third-order valence-electron chi connectivity index (χ3n) is 6.57. The Labute approximate surface area is 223 Å². The number of anilines is 1. The van der Waals surface area contributed by atoms with Gasteiger partial charge in [-0.05, 0) is 73.5 Å². The van der Waals surface area contributed by atoms with E-state index in [0.29, 0.717) is 40.3 Å². The number of nitrogens with one attached hydrogen (secondary N) is 1. The van der Waals surface area contributed by atoms with E-state index in [1.165, 1.54) is 30.2 Å². The lowest BCUT2D eigenvalue weighted by atomic mass is 9.95. The van der Waals surface area contributed by atoms with Crippen molar-refractivity contribution < 1.29 is 34.1 Å². The van der Waals surface area contributed by atoms with Crippen molar-refractivity contribution in [3.05, 3.63) is 88.5 Å². The van der Waals surface area contributed by atoms with Gasteiger partial charge in [-0.2, -0.15) is 0 Å². The van der Waals surface area contributed by atoms with Gasteiger partial charge in [0.2, 0.25) is 5.95 Å². The number of Topliss-reactive ketones (excluding diaryl/α,β-unsaturated/α-hetero) is 1. The molecule has 1 unspecified atom stereocenters. The molecule has 1 saturated heterocycles. The second kappa shape index (κ2) is 9.97. The highest BCUT2D eigenvalue weighted by molar-refractivity contribution is 6.51. The molecule has 0 saturated carbocycles. The molecule has 1 aliphatic rings. The number of benzene rings is 3. The van der Waals surface area contributed by atoms with Crippen molar-refractivity contribution in [2.75, 3.05) is 18.6 Å². The van der Waals surface area contributed by atoms with Crippen LogP contribution in [-0.4, -0.2) is 51.6 Å². The van der Waals surface area contributed by atoms with E-state index >= 15 is 0 Å². The van der Waals surface area contributed by atoms with Crippen molar-refractivity contribution in [2.45, 2.75) is 19.9 Å². The topological polar surface area (TPSA) is 142 Å². The lowest BCUT2D eigenvalue weighted by molar-refractivity contribution is -0.132. The zero-order valence-electron chi connectivity index (χ0n) is 21.4. The Kier molecular flexibility index (Phi) is 6.53. The monoisotopic (exact) mass is 527 g/mol. The Morgan fingerprint density at radius 2 is 1.74 bits per heavy atom. The first-order chi connectivity index (χ1) is 18.7. The number of ketones is 1. The van der Waals surface area contributed by atoms with Gasteiger partial charge in [-0.15, -0.1) is 0 Å². The van der Waals surface area contributed by atoms with Gasteiger partial charge in [-0.25, -0.2) is 9.78 Å². The minimum atomic E-state index is -1.11. The van der Waals surface area contributed by atoms with Crippen molar-refractivity contribution in [3.8, 4) is 11.5 Å². The molecule has 10 heteroatoms. The number of carboxylic acid groups (broad SMARTS) is 1. The van der Waals surface area contributed by atoms with Gasteiger partial charge >= 0.3 is 11.9 Å². The number of amides is 1. The van der Waals surface area contributed by atoms with Gasteiger partial charge in [0.15, 0.2) is 0 Å². The number of rotatable bonds is 7. The molecule has 1 aromatic heterocycles. The lowest BCUT2D eigenvalue weighted by Gasteiger charge is -2.23. The molecule has 0 aliphatic carbocycles. The molecule has 39 heavy (non-hydrogen) atoms. The van der Waals surface area contributed by atoms with E-state index in [9.17, 15) is 24.6 Å². The number of methoxy groups -OCH3 is 1. The molecule has 10 nitrogen and oxygen atoms in total. The molecule has 1 amide bonds. The van der Waals surface area contributed by atoms with Crippen LogP contribution in [0.25, 0.3) is 16.8 Å². The zero-order chi connectivity index (χ0) is 27.8. The molecule has 3 aromatic carbocycles. The summed E-state index contributed by atoms with van der Waals surface area (Å²) in [6.45, 7) is 4.16. The number of fused-ring (bicyclic) bond motifs is 1. The second-order valence-corrected chi connectivity index (χ2v) is 8.95. The predicted molar refractivity (Wildman–Crippen MR) is 143 cm³/mol. The van der Waals surface area contributed by atoms with Crippen molar-refractivity contribution in [1.82, 2.24) is 9.97 Å². The first kappa shape index (κ1) is 25.5. The van der Waals surface area contributed by atoms with Gasteiger partial charge in [0.25, 0.3) is 5.78 Å². The van der Waals surface area contributed by atoms with Gasteiger partial charge in [-0.1, -0.05) is 12.1 Å². The molecule has 0 spiro atoms. The van der Waals surface area contributed by atoms with Crippen LogP contribution in [-0.2, 0) is 9.59 Å². The van der Waals surface area contributed by atoms with Crippen LogP contribution in [0.1, 0.15) is 40.0 Å². The molecular weight excluding hydrogens is 502 g/mol. The largest absolute Gasteiger partial charge is 0.507 e. The number of carbonyl (C=O) groups is 3.